The van der Waals surface area contributed by atoms with Gasteiger partial charge in [0.1, 0.15) is 0 Å². The van der Waals surface area contributed by atoms with Gasteiger partial charge in [0.2, 0.25) is 5.91 Å². The van der Waals surface area contributed by atoms with E-state index in [9.17, 15) is 9.59 Å². The first kappa shape index (κ1) is 14.1. The lowest BCUT2D eigenvalue weighted by atomic mass is 10.2. The van der Waals surface area contributed by atoms with Crippen molar-refractivity contribution in [1.82, 2.24) is 19.8 Å². The van der Waals surface area contributed by atoms with Gasteiger partial charge in [-0.3, -0.25) is 9.59 Å². The van der Waals surface area contributed by atoms with Gasteiger partial charge < -0.3 is 19.7 Å². The number of hydrogen-bond donors (Lipinski definition) is 1. The van der Waals surface area contributed by atoms with Crippen LogP contribution in [0.1, 0.15) is 12.8 Å². The Morgan fingerprint density at radius 1 is 1.33 bits per heavy atom. The van der Waals surface area contributed by atoms with E-state index in [-0.39, 0.29) is 17.5 Å². The summed E-state index contributed by atoms with van der Waals surface area (Å²) < 4.78 is 1.53. The fraction of sp³-hybridized carbons (Fsp3) is 0.643. The monoisotopic (exact) mass is 291 g/mol. The Labute approximate surface area is 123 Å². The number of aryl methyl sites for hydroxylation is 1. The zero-order valence-electron chi connectivity index (χ0n) is 12.3. The lowest BCUT2D eigenvalue weighted by Crippen LogP contribution is -2.54. The number of aromatic nitrogens is 2. The zero-order chi connectivity index (χ0) is 14.8. The van der Waals surface area contributed by atoms with Gasteiger partial charge in [-0.25, -0.2) is 4.98 Å². The van der Waals surface area contributed by atoms with Gasteiger partial charge in [-0.15, -0.1) is 0 Å². The van der Waals surface area contributed by atoms with Gasteiger partial charge in [0.15, 0.2) is 5.82 Å². The average molecular weight is 291 g/mol. The largest absolute Gasteiger partial charge is 0.348 e. The van der Waals surface area contributed by atoms with Crippen molar-refractivity contribution in [2.45, 2.75) is 18.9 Å². The highest BCUT2D eigenvalue weighted by Gasteiger charge is 2.29. The van der Waals surface area contributed by atoms with Crippen molar-refractivity contribution < 1.29 is 4.79 Å². The first-order chi connectivity index (χ1) is 10.2. The molecule has 2 aliphatic rings. The summed E-state index contributed by atoms with van der Waals surface area (Å²) in [5.74, 6) is 0.673. The molecule has 1 N–H and O–H groups in total. The minimum absolute atomic E-state index is 0.0146. The number of hydrogen-bond acceptors (Lipinski definition) is 5. The third-order valence-electron chi connectivity index (χ3n) is 4.25. The summed E-state index contributed by atoms with van der Waals surface area (Å²) in [6.07, 6.45) is 5.29. The van der Waals surface area contributed by atoms with Crippen LogP contribution < -0.4 is 15.8 Å². The highest BCUT2D eigenvalue weighted by molar-refractivity contribution is 5.82. The quantitative estimate of drug-likeness (QED) is 0.771. The lowest BCUT2D eigenvalue weighted by molar-refractivity contribution is -0.133. The van der Waals surface area contributed by atoms with Crippen LogP contribution in [0.5, 0.6) is 0 Å². The van der Waals surface area contributed by atoms with Crippen LogP contribution in [0.2, 0.25) is 0 Å². The Kier molecular flexibility index (Phi) is 3.92. The van der Waals surface area contributed by atoms with Crippen LogP contribution in [0, 0.1) is 0 Å². The molecule has 3 rings (SSSR count). The molecule has 1 atom stereocenters. The van der Waals surface area contributed by atoms with Crippen molar-refractivity contribution >= 4 is 11.7 Å². The third kappa shape index (κ3) is 2.78. The second-order valence-electron chi connectivity index (χ2n) is 5.63. The Balaban J connectivity index is 1.63. The van der Waals surface area contributed by atoms with Crippen molar-refractivity contribution in [2.75, 3.05) is 37.6 Å². The maximum Gasteiger partial charge on any atom is 0.293 e. The maximum atomic E-state index is 12.3. The molecule has 1 aromatic rings. The van der Waals surface area contributed by atoms with Gasteiger partial charge in [0.05, 0.1) is 6.04 Å². The van der Waals surface area contributed by atoms with E-state index in [1.807, 2.05) is 9.80 Å². The highest BCUT2D eigenvalue weighted by atomic mass is 16.2. The fourth-order valence-corrected chi connectivity index (χ4v) is 2.96. The minimum atomic E-state index is -0.0882. The van der Waals surface area contributed by atoms with Crippen LogP contribution >= 0.6 is 0 Å². The van der Waals surface area contributed by atoms with E-state index in [1.54, 1.807) is 19.4 Å². The standard InChI is InChI=1S/C14H21N5O2/c1-17-6-5-16-12(14(17)21)18-7-9-19(10-8-18)13(20)11-3-2-4-15-11/h5-6,11,15H,2-4,7-10H2,1H3. The first-order valence-electron chi connectivity index (χ1n) is 7.45. The number of piperazine rings is 1. The second-order valence-corrected chi connectivity index (χ2v) is 5.63. The molecule has 0 saturated carbocycles. The van der Waals surface area contributed by atoms with E-state index in [4.69, 9.17) is 0 Å². The van der Waals surface area contributed by atoms with Gasteiger partial charge in [-0.2, -0.15) is 0 Å². The van der Waals surface area contributed by atoms with Crippen molar-refractivity contribution in [2.24, 2.45) is 7.05 Å². The van der Waals surface area contributed by atoms with Gasteiger partial charge in [-0.05, 0) is 19.4 Å². The molecule has 21 heavy (non-hydrogen) atoms. The molecule has 3 heterocycles. The Bertz CT molecular complexity index is 571. The normalized spacial score (nSPS) is 22.6. The van der Waals surface area contributed by atoms with Gasteiger partial charge in [0.25, 0.3) is 5.56 Å². The summed E-state index contributed by atoms with van der Waals surface area (Å²) >= 11 is 0. The molecule has 2 saturated heterocycles. The van der Waals surface area contributed by atoms with Crippen molar-refractivity contribution in [1.29, 1.82) is 0 Å². The number of carbonyl (C=O) groups is 1. The van der Waals surface area contributed by atoms with E-state index in [0.29, 0.717) is 32.0 Å². The number of nitrogens with one attached hydrogen (secondary N) is 1. The molecule has 1 unspecified atom stereocenters. The smallest absolute Gasteiger partial charge is 0.293 e. The van der Waals surface area contributed by atoms with Gasteiger partial charge in [-0.1, -0.05) is 0 Å². The molecular weight excluding hydrogens is 270 g/mol. The topological polar surface area (TPSA) is 70.5 Å². The minimum Gasteiger partial charge on any atom is -0.348 e. The maximum absolute atomic E-state index is 12.3. The average Bonchev–Trinajstić information content (AvgIpc) is 3.04. The molecular formula is C14H21N5O2. The summed E-state index contributed by atoms with van der Waals surface area (Å²) in [4.78, 5) is 32.4. The highest BCUT2D eigenvalue weighted by Crippen LogP contribution is 2.13. The molecule has 1 aromatic heterocycles. The van der Waals surface area contributed by atoms with Crippen molar-refractivity contribution in [3.8, 4) is 0 Å². The molecule has 0 bridgehead atoms. The summed E-state index contributed by atoms with van der Waals surface area (Å²) in [6, 6.07) is -0.0146. The lowest BCUT2D eigenvalue weighted by Gasteiger charge is -2.36. The van der Waals surface area contributed by atoms with Gasteiger partial charge >= 0.3 is 0 Å². The van der Waals surface area contributed by atoms with Crippen molar-refractivity contribution in [3.05, 3.63) is 22.7 Å². The molecule has 0 spiro atoms. The molecule has 7 nitrogen and oxygen atoms in total. The number of nitrogens with zero attached hydrogens (tertiary/aromatic N) is 4. The van der Waals surface area contributed by atoms with E-state index in [0.717, 1.165) is 19.4 Å². The Hall–Kier alpha value is -1.89. The number of carbonyl (C=O) groups excluding carboxylic acids is 1. The Morgan fingerprint density at radius 3 is 2.76 bits per heavy atom. The van der Waals surface area contributed by atoms with E-state index in [2.05, 4.69) is 10.3 Å². The van der Waals surface area contributed by atoms with Crippen LogP contribution in [0.25, 0.3) is 0 Å². The van der Waals surface area contributed by atoms with Crippen LogP contribution in [0.15, 0.2) is 17.2 Å². The summed E-state index contributed by atoms with van der Waals surface area (Å²) in [7, 11) is 1.72. The third-order valence-corrected chi connectivity index (χ3v) is 4.25. The number of rotatable bonds is 2. The SMILES string of the molecule is Cn1ccnc(N2CCN(C(=O)C3CCCN3)CC2)c1=O. The fourth-order valence-electron chi connectivity index (χ4n) is 2.96. The number of anilines is 1. The van der Waals surface area contributed by atoms with Crippen LogP contribution in [-0.2, 0) is 11.8 Å². The molecule has 0 aromatic carbocycles. The molecule has 2 fully saturated rings. The molecule has 0 aliphatic carbocycles. The van der Waals surface area contributed by atoms with Crippen molar-refractivity contribution in [3.63, 3.8) is 0 Å². The second kappa shape index (κ2) is 5.85. The zero-order valence-corrected chi connectivity index (χ0v) is 12.3. The molecule has 7 heteroatoms. The summed E-state index contributed by atoms with van der Waals surface area (Å²) in [6.45, 7) is 3.54. The Morgan fingerprint density at radius 2 is 2.10 bits per heavy atom. The van der Waals surface area contributed by atoms with E-state index in [1.165, 1.54) is 4.57 Å². The van der Waals surface area contributed by atoms with Crippen LogP contribution in [0.3, 0.4) is 0 Å². The van der Waals surface area contributed by atoms with Crippen LogP contribution in [0.4, 0.5) is 5.82 Å². The summed E-state index contributed by atoms with van der Waals surface area (Å²) in [5.41, 5.74) is -0.0882. The molecule has 2 aliphatic heterocycles. The predicted molar refractivity (Wildman–Crippen MR) is 79.3 cm³/mol. The molecule has 1 amide bonds. The van der Waals surface area contributed by atoms with E-state index >= 15 is 0 Å². The first-order valence-corrected chi connectivity index (χ1v) is 7.45. The molecule has 0 radical (unpaired) electrons. The van der Waals surface area contributed by atoms with E-state index < -0.39 is 0 Å². The molecule has 114 valence electrons. The summed E-state index contributed by atoms with van der Waals surface area (Å²) in [5, 5.41) is 3.24. The number of amides is 1. The van der Waals surface area contributed by atoms with Gasteiger partial charge in [0, 0.05) is 45.6 Å². The predicted octanol–water partition coefficient (Wildman–Crippen LogP) is -0.819. The van der Waals surface area contributed by atoms with Crippen LogP contribution in [-0.4, -0.2) is 59.1 Å².